The van der Waals surface area contributed by atoms with Gasteiger partial charge < -0.3 is 11.1 Å². The quantitative estimate of drug-likeness (QED) is 0.849. The van der Waals surface area contributed by atoms with Crippen molar-refractivity contribution >= 4 is 33.7 Å². The number of benzene rings is 1. The molecular weight excluding hydrogens is 296 g/mol. The van der Waals surface area contributed by atoms with Crippen molar-refractivity contribution in [2.45, 2.75) is 32.6 Å². The van der Waals surface area contributed by atoms with Gasteiger partial charge in [0.05, 0.1) is 10.6 Å². The summed E-state index contributed by atoms with van der Waals surface area (Å²) < 4.78 is 0. The van der Waals surface area contributed by atoms with Gasteiger partial charge in [0.2, 0.25) is 0 Å². The van der Waals surface area contributed by atoms with Gasteiger partial charge in [0.25, 0.3) is 5.91 Å². The number of nitrogen functional groups attached to an aromatic ring is 1. The molecule has 1 amide bonds. The zero-order valence-electron chi connectivity index (χ0n) is 12.4. The summed E-state index contributed by atoms with van der Waals surface area (Å²) in [5, 5.41) is 3.48. The Balaban J connectivity index is 1.83. The molecule has 5 heteroatoms. The number of fused-ring (bicyclic) bond motifs is 1. The molecule has 3 rings (SSSR count). The highest BCUT2D eigenvalue weighted by molar-refractivity contribution is 7.16. The van der Waals surface area contributed by atoms with Crippen molar-refractivity contribution in [3.05, 3.63) is 45.8 Å². The van der Waals surface area contributed by atoms with E-state index < -0.39 is 0 Å². The Hall–Kier alpha value is -2.14. The highest BCUT2D eigenvalue weighted by atomic mass is 32.1. The fourth-order valence-electron chi connectivity index (χ4n) is 2.82. The van der Waals surface area contributed by atoms with Gasteiger partial charge in [-0.1, -0.05) is 0 Å². The number of aryl methyl sites for hydroxylation is 1. The molecule has 2 aromatic rings. The van der Waals surface area contributed by atoms with Crippen LogP contribution in [0.4, 0.5) is 10.7 Å². The van der Waals surface area contributed by atoms with E-state index in [0.717, 1.165) is 24.8 Å². The van der Waals surface area contributed by atoms with Gasteiger partial charge in [-0.2, -0.15) is 0 Å². The molecule has 0 aliphatic heterocycles. The predicted octanol–water partition coefficient (Wildman–Crippen LogP) is 3.66. The maximum Gasteiger partial charge on any atom is 0.258 e. The molecule has 0 atom stereocenters. The topological polar surface area (TPSA) is 72.2 Å². The number of Topliss-reactive ketones (excluding diaryl/α,β-unsaturated/α-hetero) is 1. The summed E-state index contributed by atoms with van der Waals surface area (Å²) >= 11 is 1.53. The summed E-state index contributed by atoms with van der Waals surface area (Å²) in [4.78, 5) is 25.1. The van der Waals surface area contributed by atoms with Crippen LogP contribution in [0.1, 0.15) is 50.9 Å². The predicted molar refractivity (Wildman–Crippen MR) is 89.8 cm³/mol. The van der Waals surface area contributed by atoms with Crippen LogP contribution in [-0.2, 0) is 12.8 Å². The third kappa shape index (κ3) is 2.76. The minimum atomic E-state index is -0.160. The van der Waals surface area contributed by atoms with Crippen molar-refractivity contribution in [2.24, 2.45) is 0 Å². The Morgan fingerprint density at radius 2 is 1.82 bits per heavy atom. The number of hydrogen-bond donors (Lipinski definition) is 2. The van der Waals surface area contributed by atoms with Crippen molar-refractivity contribution in [3.63, 3.8) is 0 Å². The minimum absolute atomic E-state index is 0.00836. The second kappa shape index (κ2) is 5.93. The lowest BCUT2D eigenvalue weighted by molar-refractivity contribution is 0.101. The summed E-state index contributed by atoms with van der Waals surface area (Å²) in [5.74, 6) is -0.151. The Kier molecular flexibility index (Phi) is 3.98. The average molecular weight is 314 g/mol. The molecule has 0 saturated carbocycles. The Labute approximate surface area is 133 Å². The second-order valence-corrected chi connectivity index (χ2v) is 6.67. The first-order chi connectivity index (χ1) is 10.6. The van der Waals surface area contributed by atoms with Gasteiger partial charge in [0.15, 0.2) is 5.78 Å². The van der Waals surface area contributed by atoms with Crippen molar-refractivity contribution in [1.82, 2.24) is 0 Å². The monoisotopic (exact) mass is 314 g/mol. The molecule has 0 bridgehead atoms. The first-order valence-corrected chi connectivity index (χ1v) is 8.20. The third-order valence-electron chi connectivity index (χ3n) is 3.97. The highest BCUT2D eigenvalue weighted by Gasteiger charge is 2.24. The number of thiophene rings is 1. The first-order valence-electron chi connectivity index (χ1n) is 7.38. The molecule has 3 N–H and O–H groups in total. The number of nitrogens with one attached hydrogen (secondary N) is 1. The molecule has 1 aliphatic rings. The largest absolute Gasteiger partial charge is 0.390 e. The standard InChI is InChI=1S/C17H18N2O2S/c1-10(20)11-6-8-12(9-7-11)19-17(21)15-13-4-2-3-5-14(13)22-16(15)18/h6-9H,2-5,18H2,1H3,(H,19,21). The molecule has 22 heavy (non-hydrogen) atoms. The lowest BCUT2D eigenvalue weighted by Gasteiger charge is -2.13. The Bertz CT molecular complexity index is 732. The summed E-state index contributed by atoms with van der Waals surface area (Å²) in [5.41, 5.74) is 9.11. The van der Waals surface area contributed by atoms with E-state index in [2.05, 4.69) is 5.32 Å². The maximum absolute atomic E-state index is 12.5. The number of carbonyl (C=O) groups is 2. The number of amides is 1. The minimum Gasteiger partial charge on any atom is -0.390 e. The summed E-state index contributed by atoms with van der Waals surface area (Å²) in [6.07, 6.45) is 4.22. The average Bonchev–Trinajstić information content (AvgIpc) is 2.83. The van der Waals surface area contributed by atoms with E-state index in [1.54, 1.807) is 24.3 Å². The molecule has 0 unspecified atom stereocenters. The van der Waals surface area contributed by atoms with Crippen LogP contribution in [0, 0.1) is 0 Å². The van der Waals surface area contributed by atoms with E-state index in [-0.39, 0.29) is 11.7 Å². The van der Waals surface area contributed by atoms with Gasteiger partial charge in [0.1, 0.15) is 0 Å². The number of nitrogens with two attached hydrogens (primary N) is 1. The van der Waals surface area contributed by atoms with Crippen LogP contribution in [0.15, 0.2) is 24.3 Å². The van der Waals surface area contributed by atoms with Crippen molar-refractivity contribution in [2.75, 3.05) is 11.1 Å². The molecule has 0 fully saturated rings. The number of carbonyl (C=O) groups excluding carboxylic acids is 2. The van der Waals surface area contributed by atoms with Crippen LogP contribution in [0.3, 0.4) is 0 Å². The highest BCUT2D eigenvalue weighted by Crippen LogP contribution is 2.36. The van der Waals surface area contributed by atoms with E-state index in [1.807, 2.05) is 0 Å². The lowest BCUT2D eigenvalue weighted by atomic mass is 9.95. The number of rotatable bonds is 3. The normalized spacial score (nSPS) is 13.5. The fraction of sp³-hybridized carbons (Fsp3) is 0.294. The van der Waals surface area contributed by atoms with Crippen LogP contribution >= 0.6 is 11.3 Å². The summed E-state index contributed by atoms with van der Waals surface area (Å²) in [6.45, 7) is 1.52. The van der Waals surface area contributed by atoms with Crippen molar-refractivity contribution in [1.29, 1.82) is 0 Å². The van der Waals surface area contributed by atoms with Gasteiger partial charge in [-0.3, -0.25) is 9.59 Å². The smallest absolute Gasteiger partial charge is 0.258 e. The first kappa shape index (κ1) is 14.8. The van der Waals surface area contributed by atoms with Gasteiger partial charge >= 0.3 is 0 Å². The van der Waals surface area contributed by atoms with Crippen molar-refractivity contribution < 1.29 is 9.59 Å². The van der Waals surface area contributed by atoms with Gasteiger partial charge in [0, 0.05) is 16.1 Å². The summed E-state index contributed by atoms with van der Waals surface area (Å²) in [6, 6.07) is 6.90. The molecule has 0 radical (unpaired) electrons. The molecule has 4 nitrogen and oxygen atoms in total. The van der Waals surface area contributed by atoms with Crippen LogP contribution in [0.5, 0.6) is 0 Å². The molecule has 1 aliphatic carbocycles. The SMILES string of the molecule is CC(=O)c1ccc(NC(=O)c2c(N)sc3c2CCCC3)cc1. The van der Waals surface area contributed by atoms with Gasteiger partial charge in [-0.05, 0) is 62.4 Å². The third-order valence-corrected chi connectivity index (χ3v) is 5.10. The van der Waals surface area contributed by atoms with Crippen LogP contribution in [0.2, 0.25) is 0 Å². The molecule has 114 valence electrons. The van der Waals surface area contributed by atoms with Gasteiger partial charge in [-0.15, -0.1) is 11.3 Å². The second-order valence-electron chi connectivity index (χ2n) is 5.54. The fourth-order valence-corrected chi connectivity index (χ4v) is 3.98. The molecular formula is C17H18N2O2S. The maximum atomic E-state index is 12.5. The molecule has 1 aromatic heterocycles. The number of hydrogen-bond acceptors (Lipinski definition) is 4. The van der Waals surface area contributed by atoms with Crippen molar-refractivity contribution in [3.8, 4) is 0 Å². The lowest BCUT2D eigenvalue weighted by Crippen LogP contribution is -2.16. The van der Waals surface area contributed by atoms with E-state index >= 15 is 0 Å². The van der Waals surface area contributed by atoms with Crippen LogP contribution in [0.25, 0.3) is 0 Å². The zero-order chi connectivity index (χ0) is 15.7. The Morgan fingerprint density at radius 1 is 1.14 bits per heavy atom. The van der Waals surface area contributed by atoms with E-state index in [1.165, 1.54) is 29.6 Å². The zero-order valence-corrected chi connectivity index (χ0v) is 13.3. The molecule has 1 heterocycles. The molecule has 0 spiro atoms. The summed E-state index contributed by atoms with van der Waals surface area (Å²) in [7, 11) is 0. The number of anilines is 2. The van der Waals surface area contributed by atoms with Crippen LogP contribution in [-0.4, -0.2) is 11.7 Å². The van der Waals surface area contributed by atoms with E-state index in [0.29, 0.717) is 21.8 Å². The molecule has 1 aromatic carbocycles. The van der Waals surface area contributed by atoms with E-state index in [4.69, 9.17) is 5.73 Å². The molecule has 0 saturated heterocycles. The number of ketones is 1. The van der Waals surface area contributed by atoms with Gasteiger partial charge in [-0.25, -0.2) is 0 Å². The van der Waals surface area contributed by atoms with Crippen LogP contribution < -0.4 is 11.1 Å². The van der Waals surface area contributed by atoms with E-state index in [9.17, 15) is 9.59 Å². The Morgan fingerprint density at radius 3 is 2.50 bits per heavy atom.